The van der Waals surface area contributed by atoms with Crippen molar-refractivity contribution in [2.75, 3.05) is 26.2 Å². The summed E-state index contributed by atoms with van der Waals surface area (Å²) in [4.78, 5) is 2.40. The average Bonchev–Trinajstić information content (AvgIpc) is 3.20. The molecule has 1 aromatic rings. The molecule has 0 radical (unpaired) electrons. The summed E-state index contributed by atoms with van der Waals surface area (Å²) < 4.78 is 26.4. The third kappa shape index (κ3) is 3.82. The fraction of sp³-hybridized carbons (Fsp3) is 0.571. The Hall–Kier alpha value is -0.420. The van der Waals surface area contributed by atoms with Gasteiger partial charge in [0.1, 0.15) is 0 Å². The second-order valence-corrected chi connectivity index (χ2v) is 5.24. The molecular weight excluding hydrogens is 305 g/mol. The van der Waals surface area contributed by atoms with Crippen molar-refractivity contribution in [2.45, 2.75) is 18.9 Å². The lowest BCUT2D eigenvalue weighted by atomic mass is 9.99. The second kappa shape index (κ2) is 7.55. The molecule has 1 aliphatic carbocycles. The van der Waals surface area contributed by atoms with Gasteiger partial charge in [0.2, 0.25) is 0 Å². The Kier molecular flexibility index (Phi) is 6.65. The molecule has 0 aromatic heterocycles. The highest BCUT2D eigenvalue weighted by molar-refractivity contribution is 5.85. The van der Waals surface area contributed by atoms with E-state index in [-0.39, 0.29) is 30.9 Å². The van der Waals surface area contributed by atoms with Gasteiger partial charge in [-0.25, -0.2) is 8.78 Å². The monoisotopic (exact) mass is 324 g/mol. The van der Waals surface area contributed by atoms with Crippen molar-refractivity contribution in [1.82, 2.24) is 10.2 Å². The molecule has 1 saturated carbocycles. The fourth-order valence-electron chi connectivity index (χ4n) is 2.85. The zero-order valence-electron chi connectivity index (χ0n) is 11.1. The molecule has 3 rings (SSSR count). The van der Waals surface area contributed by atoms with Gasteiger partial charge < -0.3 is 5.32 Å². The van der Waals surface area contributed by atoms with Crippen LogP contribution in [0.15, 0.2) is 18.2 Å². The average molecular weight is 325 g/mol. The number of nitrogens with one attached hydrogen (secondary N) is 1. The van der Waals surface area contributed by atoms with E-state index in [1.54, 1.807) is 6.07 Å². The summed E-state index contributed by atoms with van der Waals surface area (Å²) in [5.74, 6) is -0.866. The molecule has 1 aromatic carbocycles. The van der Waals surface area contributed by atoms with Crippen LogP contribution in [0.3, 0.4) is 0 Å². The Bertz CT molecular complexity index is 435. The number of nitrogens with zero attached hydrogens (tertiary/aromatic N) is 1. The van der Waals surface area contributed by atoms with Crippen molar-refractivity contribution >= 4 is 24.8 Å². The molecule has 1 heterocycles. The van der Waals surface area contributed by atoms with Crippen molar-refractivity contribution in [1.29, 1.82) is 0 Å². The van der Waals surface area contributed by atoms with E-state index < -0.39 is 11.6 Å². The normalized spacial score (nSPS) is 20.7. The molecule has 2 nitrogen and oxygen atoms in total. The van der Waals surface area contributed by atoms with E-state index >= 15 is 0 Å². The highest BCUT2D eigenvalue weighted by Crippen LogP contribution is 2.44. The van der Waals surface area contributed by atoms with Crippen LogP contribution in [0, 0.1) is 17.6 Å². The summed E-state index contributed by atoms with van der Waals surface area (Å²) >= 11 is 0. The van der Waals surface area contributed by atoms with Gasteiger partial charge in [-0.05, 0) is 36.5 Å². The first-order chi connectivity index (χ1) is 8.75. The Morgan fingerprint density at radius 1 is 1.05 bits per heavy atom. The summed E-state index contributed by atoms with van der Waals surface area (Å²) in [5, 5.41) is 3.33. The van der Waals surface area contributed by atoms with Crippen molar-refractivity contribution in [3.8, 4) is 0 Å². The predicted molar refractivity (Wildman–Crippen MR) is 80.8 cm³/mol. The molecule has 0 unspecified atom stereocenters. The second-order valence-electron chi connectivity index (χ2n) is 5.24. The van der Waals surface area contributed by atoms with E-state index in [2.05, 4.69) is 10.2 Å². The van der Waals surface area contributed by atoms with Gasteiger partial charge in [-0.1, -0.05) is 6.07 Å². The molecular formula is C14H20Cl2F2N2. The van der Waals surface area contributed by atoms with Crippen LogP contribution in [0.5, 0.6) is 0 Å². The quantitative estimate of drug-likeness (QED) is 0.918. The van der Waals surface area contributed by atoms with Gasteiger partial charge in [-0.2, -0.15) is 0 Å². The minimum absolute atomic E-state index is 0. The lowest BCUT2D eigenvalue weighted by molar-refractivity contribution is 0.156. The third-order valence-corrected chi connectivity index (χ3v) is 3.90. The summed E-state index contributed by atoms with van der Waals surface area (Å²) in [6.07, 6.45) is 2.40. The SMILES string of the molecule is Cl.Cl.Fc1ccc([C@@H](C2CC2)N2CCNCC2)cc1F. The van der Waals surface area contributed by atoms with E-state index in [0.29, 0.717) is 5.92 Å². The predicted octanol–water partition coefficient (Wildman–Crippen LogP) is 3.16. The zero-order chi connectivity index (χ0) is 12.5. The number of hydrogen-bond donors (Lipinski definition) is 1. The minimum Gasteiger partial charge on any atom is -0.314 e. The molecule has 114 valence electrons. The van der Waals surface area contributed by atoms with E-state index in [1.165, 1.54) is 25.0 Å². The number of halogens is 4. The molecule has 1 saturated heterocycles. The summed E-state index contributed by atoms with van der Waals surface area (Å²) in [6.45, 7) is 3.93. The smallest absolute Gasteiger partial charge is 0.159 e. The van der Waals surface area contributed by atoms with Crippen LogP contribution in [-0.2, 0) is 0 Å². The third-order valence-electron chi connectivity index (χ3n) is 3.90. The fourth-order valence-corrected chi connectivity index (χ4v) is 2.85. The number of rotatable bonds is 3. The zero-order valence-corrected chi connectivity index (χ0v) is 12.8. The molecule has 1 aliphatic heterocycles. The van der Waals surface area contributed by atoms with Gasteiger partial charge in [0.05, 0.1) is 0 Å². The van der Waals surface area contributed by atoms with Crippen LogP contribution in [0.1, 0.15) is 24.4 Å². The van der Waals surface area contributed by atoms with Gasteiger partial charge in [0.25, 0.3) is 0 Å². The van der Waals surface area contributed by atoms with Gasteiger partial charge in [-0.15, -0.1) is 24.8 Å². The van der Waals surface area contributed by atoms with Gasteiger partial charge in [0, 0.05) is 32.2 Å². The maximum absolute atomic E-state index is 13.4. The van der Waals surface area contributed by atoms with Crippen LogP contribution in [-0.4, -0.2) is 31.1 Å². The summed E-state index contributed by atoms with van der Waals surface area (Å²) in [6, 6.07) is 4.63. The van der Waals surface area contributed by atoms with Crippen molar-refractivity contribution in [2.24, 2.45) is 5.92 Å². The minimum atomic E-state index is -0.756. The highest BCUT2D eigenvalue weighted by atomic mass is 35.5. The van der Waals surface area contributed by atoms with Crippen molar-refractivity contribution < 1.29 is 8.78 Å². The molecule has 1 N–H and O–H groups in total. The molecule has 2 aliphatic rings. The van der Waals surface area contributed by atoms with Crippen LogP contribution >= 0.6 is 24.8 Å². The molecule has 0 spiro atoms. The number of piperazine rings is 1. The maximum Gasteiger partial charge on any atom is 0.159 e. The lowest BCUT2D eigenvalue weighted by Crippen LogP contribution is -2.45. The van der Waals surface area contributed by atoms with Crippen molar-refractivity contribution in [3.05, 3.63) is 35.4 Å². The topological polar surface area (TPSA) is 15.3 Å². The largest absolute Gasteiger partial charge is 0.314 e. The first-order valence-corrected chi connectivity index (χ1v) is 6.65. The summed E-state index contributed by atoms with van der Waals surface area (Å²) in [7, 11) is 0. The number of benzene rings is 1. The van der Waals surface area contributed by atoms with Crippen molar-refractivity contribution in [3.63, 3.8) is 0 Å². The van der Waals surface area contributed by atoms with Crippen LogP contribution < -0.4 is 5.32 Å². The van der Waals surface area contributed by atoms with E-state index in [9.17, 15) is 8.78 Å². The highest BCUT2D eigenvalue weighted by Gasteiger charge is 2.36. The van der Waals surface area contributed by atoms with Crippen LogP contribution in [0.4, 0.5) is 8.78 Å². The Morgan fingerprint density at radius 3 is 2.25 bits per heavy atom. The standard InChI is InChI=1S/C14H18F2N2.2ClH/c15-12-4-3-11(9-13(12)16)14(10-1-2-10)18-7-5-17-6-8-18;;/h3-4,9-10,14,17H,1-2,5-8H2;2*1H/t14-;;/m1../s1. The van der Waals surface area contributed by atoms with E-state index in [0.717, 1.165) is 31.7 Å². The van der Waals surface area contributed by atoms with Crippen LogP contribution in [0.2, 0.25) is 0 Å². The number of hydrogen-bond acceptors (Lipinski definition) is 2. The van der Waals surface area contributed by atoms with Gasteiger partial charge >= 0.3 is 0 Å². The molecule has 0 bridgehead atoms. The van der Waals surface area contributed by atoms with Gasteiger partial charge in [0.15, 0.2) is 11.6 Å². The van der Waals surface area contributed by atoms with E-state index in [4.69, 9.17) is 0 Å². The first kappa shape index (κ1) is 17.6. The van der Waals surface area contributed by atoms with Gasteiger partial charge in [-0.3, -0.25) is 4.90 Å². The molecule has 6 heteroatoms. The first-order valence-electron chi connectivity index (χ1n) is 6.65. The lowest BCUT2D eigenvalue weighted by Gasteiger charge is -2.35. The molecule has 0 amide bonds. The Labute approximate surface area is 130 Å². The maximum atomic E-state index is 13.4. The Morgan fingerprint density at radius 2 is 1.70 bits per heavy atom. The molecule has 2 fully saturated rings. The Balaban J connectivity index is 0.000001000. The van der Waals surface area contributed by atoms with E-state index in [1.807, 2.05) is 0 Å². The van der Waals surface area contributed by atoms with Crippen LogP contribution in [0.25, 0.3) is 0 Å². The molecule has 1 atom stereocenters. The molecule has 20 heavy (non-hydrogen) atoms. The summed E-state index contributed by atoms with van der Waals surface area (Å²) in [5.41, 5.74) is 0.929.